The lowest BCUT2D eigenvalue weighted by molar-refractivity contribution is -0.145. The van der Waals surface area contributed by atoms with E-state index in [2.05, 4.69) is 0 Å². The summed E-state index contributed by atoms with van der Waals surface area (Å²) in [5, 5.41) is 20.2. The van der Waals surface area contributed by atoms with Gasteiger partial charge in [0.2, 0.25) is 6.10 Å². The summed E-state index contributed by atoms with van der Waals surface area (Å²) in [6.07, 6.45) is -1.23. The van der Waals surface area contributed by atoms with Crippen molar-refractivity contribution >= 4 is 57.5 Å². The maximum atomic E-state index is 13.0. The number of carbonyl (C=O) groups excluding carboxylic acids is 1. The van der Waals surface area contributed by atoms with Crippen molar-refractivity contribution in [3.63, 3.8) is 0 Å². The molecule has 1 unspecified atom stereocenters. The molecule has 1 aliphatic heterocycles. The zero-order valence-corrected chi connectivity index (χ0v) is 17.8. The summed E-state index contributed by atoms with van der Waals surface area (Å²) in [5.41, 5.74) is 0.341. The number of aliphatic carboxylic acids is 1. The second kappa shape index (κ2) is 8.57. The minimum atomic E-state index is -1.23. The topological polar surface area (TPSA) is 113 Å². The number of hydrogen-bond acceptors (Lipinski definition) is 5. The van der Waals surface area contributed by atoms with Crippen molar-refractivity contribution in [1.29, 1.82) is 0 Å². The van der Waals surface area contributed by atoms with Gasteiger partial charge in [-0.2, -0.15) is 0 Å². The highest BCUT2D eigenvalue weighted by atomic mass is 35.5. The number of carboxylic acid groups (broad SMARTS) is 2. The lowest BCUT2D eigenvalue weighted by Crippen LogP contribution is -2.48. The van der Waals surface area contributed by atoms with Crippen LogP contribution >= 0.6 is 23.2 Å². The Hall–Kier alpha value is -3.49. The molecule has 1 aliphatic rings. The third-order valence-corrected chi connectivity index (χ3v) is 5.39. The summed E-state index contributed by atoms with van der Waals surface area (Å²) in [6.45, 7) is -0.696. The fourth-order valence-electron chi connectivity index (χ4n) is 3.44. The van der Waals surface area contributed by atoms with E-state index < -0.39 is 30.6 Å². The molecule has 0 aromatic heterocycles. The number of para-hydroxylation sites is 2. The molecule has 4 rings (SSSR count). The Morgan fingerprint density at radius 2 is 1.84 bits per heavy atom. The van der Waals surface area contributed by atoms with Crippen LogP contribution in [0.3, 0.4) is 0 Å². The highest BCUT2D eigenvalue weighted by Gasteiger charge is 2.33. The largest absolute Gasteiger partial charge is 0.483 e. The van der Waals surface area contributed by atoms with Gasteiger partial charge in [-0.15, -0.1) is 0 Å². The smallest absolute Gasteiger partial charge is 0.346 e. The molecule has 0 aliphatic carbocycles. The average molecular weight is 476 g/mol. The zero-order valence-electron chi connectivity index (χ0n) is 16.2. The molecule has 2 N–H and O–H groups in total. The van der Waals surface area contributed by atoms with Gasteiger partial charge in [-0.05, 0) is 41.8 Å². The lowest BCUT2D eigenvalue weighted by atomic mass is 10.1. The van der Waals surface area contributed by atoms with E-state index in [9.17, 15) is 24.6 Å². The van der Waals surface area contributed by atoms with Gasteiger partial charge in [0.25, 0.3) is 5.91 Å². The van der Waals surface area contributed by atoms with Gasteiger partial charge in [-0.1, -0.05) is 35.3 Å². The van der Waals surface area contributed by atoms with Gasteiger partial charge in [0.05, 0.1) is 22.8 Å². The molecule has 3 aromatic rings. The molecule has 3 aromatic carbocycles. The van der Waals surface area contributed by atoms with E-state index in [1.54, 1.807) is 30.3 Å². The molecule has 0 spiro atoms. The van der Waals surface area contributed by atoms with Crippen molar-refractivity contribution in [3.8, 4) is 11.5 Å². The number of halogens is 2. The van der Waals surface area contributed by atoms with Crippen molar-refractivity contribution in [1.82, 2.24) is 0 Å². The van der Waals surface area contributed by atoms with Crippen LogP contribution in [0.15, 0.2) is 48.5 Å². The molecule has 32 heavy (non-hydrogen) atoms. The maximum Gasteiger partial charge on any atom is 0.346 e. The van der Waals surface area contributed by atoms with E-state index in [0.29, 0.717) is 21.5 Å². The van der Waals surface area contributed by atoms with Crippen molar-refractivity contribution in [3.05, 3.63) is 64.1 Å². The molecule has 8 nitrogen and oxygen atoms in total. The van der Waals surface area contributed by atoms with Crippen molar-refractivity contribution in [2.24, 2.45) is 0 Å². The molecule has 0 bridgehead atoms. The average Bonchev–Trinajstić information content (AvgIpc) is 2.75. The van der Waals surface area contributed by atoms with Gasteiger partial charge in [0, 0.05) is 10.4 Å². The summed E-state index contributed by atoms with van der Waals surface area (Å²) in [6, 6.07) is 12.3. The fraction of sp³-hybridized carbons (Fsp3) is 0.136. The molecular formula is C22H15Cl2NO7. The number of amides is 1. The van der Waals surface area contributed by atoms with Crippen LogP contribution in [0, 0.1) is 0 Å². The van der Waals surface area contributed by atoms with Crippen LogP contribution in [0.5, 0.6) is 11.5 Å². The number of ether oxygens (including phenoxy) is 2. The van der Waals surface area contributed by atoms with E-state index in [0.717, 1.165) is 0 Å². The van der Waals surface area contributed by atoms with Crippen LogP contribution in [0.2, 0.25) is 10.0 Å². The Bertz CT molecular complexity index is 1260. The van der Waals surface area contributed by atoms with Crippen LogP contribution in [0.25, 0.3) is 10.8 Å². The van der Waals surface area contributed by atoms with Crippen LogP contribution in [0.4, 0.5) is 5.69 Å². The van der Waals surface area contributed by atoms with E-state index >= 15 is 0 Å². The highest BCUT2D eigenvalue weighted by molar-refractivity contribution is 6.39. The van der Waals surface area contributed by atoms with E-state index in [4.69, 9.17) is 32.7 Å². The minimum Gasteiger partial charge on any atom is -0.483 e. The Morgan fingerprint density at radius 3 is 2.56 bits per heavy atom. The Labute approximate surface area is 191 Å². The molecule has 1 heterocycles. The van der Waals surface area contributed by atoms with Crippen LogP contribution in [0.1, 0.15) is 10.4 Å². The summed E-state index contributed by atoms with van der Waals surface area (Å²) in [7, 11) is 0. The summed E-state index contributed by atoms with van der Waals surface area (Å²) < 4.78 is 11.1. The van der Waals surface area contributed by atoms with Gasteiger partial charge in [-0.25, -0.2) is 9.59 Å². The van der Waals surface area contributed by atoms with Crippen molar-refractivity contribution < 1.29 is 34.1 Å². The summed E-state index contributed by atoms with van der Waals surface area (Å²) in [5.74, 6) is -2.58. The molecule has 164 valence electrons. The first-order valence-corrected chi connectivity index (χ1v) is 10.1. The molecule has 10 heteroatoms. The predicted molar refractivity (Wildman–Crippen MR) is 117 cm³/mol. The number of benzene rings is 3. The number of carbonyl (C=O) groups is 3. The number of aromatic carboxylic acids is 1. The Morgan fingerprint density at radius 1 is 1.09 bits per heavy atom. The third-order valence-electron chi connectivity index (χ3n) is 4.88. The zero-order chi connectivity index (χ0) is 23.0. The van der Waals surface area contributed by atoms with Gasteiger partial charge in [-0.3, -0.25) is 4.79 Å². The number of carboxylic acids is 2. The normalized spacial score (nSPS) is 15.1. The second-order valence-electron chi connectivity index (χ2n) is 6.97. The molecule has 1 amide bonds. The molecule has 1 atom stereocenters. The molecule has 0 fully saturated rings. The van der Waals surface area contributed by atoms with Gasteiger partial charge < -0.3 is 24.6 Å². The van der Waals surface area contributed by atoms with Gasteiger partial charge >= 0.3 is 11.9 Å². The van der Waals surface area contributed by atoms with Crippen molar-refractivity contribution in [2.45, 2.75) is 6.10 Å². The number of fused-ring (bicyclic) bond motifs is 2. The second-order valence-corrected chi connectivity index (χ2v) is 7.81. The summed E-state index contributed by atoms with van der Waals surface area (Å²) in [4.78, 5) is 37.2. The third kappa shape index (κ3) is 4.15. The first-order chi connectivity index (χ1) is 15.2. The minimum absolute atomic E-state index is 0.0686. The van der Waals surface area contributed by atoms with E-state index in [1.807, 2.05) is 0 Å². The molecule has 0 radical (unpaired) electrons. The van der Waals surface area contributed by atoms with Crippen LogP contribution in [-0.4, -0.2) is 47.3 Å². The Kier molecular flexibility index (Phi) is 5.82. The number of hydrogen-bond donors (Lipinski definition) is 2. The van der Waals surface area contributed by atoms with Crippen LogP contribution in [-0.2, 0) is 9.59 Å². The predicted octanol–water partition coefficient (Wildman–Crippen LogP) is 4.10. The van der Waals surface area contributed by atoms with Gasteiger partial charge in [0.15, 0.2) is 6.61 Å². The molecule has 0 saturated carbocycles. The highest BCUT2D eigenvalue weighted by Crippen LogP contribution is 2.37. The number of rotatable bonds is 5. The van der Waals surface area contributed by atoms with E-state index in [1.165, 1.54) is 23.1 Å². The molecular weight excluding hydrogens is 461 g/mol. The first kappa shape index (κ1) is 21.7. The Balaban J connectivity index is 1.66. The standard InChI is InChI=1S/C22H15Cl2NO7/c23-13-6-11-5-12(21(27)28)7-17(20(11)14(24)8-13)31-10-19(26)25-9-18(22(29)30)32-16-4-2-1-3-15(16)25/h1-8,18H,9-10H2,(H,27,28)(H,29,30). The van der Waals surface area contributed by atoms with Crippen molar-refractivity contribution in [2.75, 3.05) is 18.1 Å². The lowest BCUT2D eigenvalue weighted by Gasteiger charge is -2.33. The fourth-order valence-corrected chi connectivity index (χ4v) is 4.05. The number of anilines is 1. The van der Waals surface area contributed by atoms with Gasteiger partial charge in [0.1, 0.15) is 11.5 Å². The van der Waals surface area contributed by atoms with Crippen LogP contribution < -0.4 is 14.4 Å². The summed E-state index contributed by atoms with van der Waals surface area (Å²) >= 11 is 12.3. The quantitative estimate of drug-likeness (QED) is 0.570. The molecule has 0 saturated heterocycles. The number of nitrogens with zero attached hydrogens (tertiary/aromatic N) is 1. The first-order valence-electron chi connectivity index (χ1n) is 9.32. The maximum absolute atomic E-state index is 13.0. The SMILES string of the molecule is O=C(O)c1cc(OCC(=O)N2CC(C(=O)O)Oc3ccccc32)c2c(Cl)cc(Cl)cc2c1. The van der Waals surface area contributed by atoms with E-state index in [-0.39, 0.29) is 28.6 Å². The monoisotopic (exact) mass is 475 g/mol.